The molecule has 3 N–H and O–H groups in total. The number of fused-ring (bicyclic) bond motifs is 1. The van der Waals surface area contributed by atoms with Gasteiger partial charge < -0.3 is 11.1 Å². The van der Waals surface area contributed by atoms with E-state index in [1.807, 2.05) is 0 Å². The minimum atomic E-state index is -0.0845. The molecule has 110 valence electrons. The summed E-state index contributed by atoms with van der Waals surface area (Å²) in [5, 5.41) is 3.18. The first kappa shape index (κ1) is 15.0. The summed E-state index contributed by atoms with van der Waals surface area (Å²) in [6, 6.07) is 8.65. The summed E-state index contributed by atoms with van der Waals surface area (Å²) in [5.41, 5.74) is 8.62. The van der Waals surface area contributed by atoms with Crippen LogP contribution in [0.4, 0.5) is 0 Å². The van der Waals surface area contributed by atoms with Gasteiger partial charge in [-0.2, -0.15) is 0 Å². The van der Waals surface area contributed by atoms with Crippen molar-refractivity contribution < 1.29 is 4.79 Å². The van der Waals surface area contributed by atoms with Crippen molar-refractivity contribution in [1.82, 2.24) is 5.32 Å². The molecule has 0 heterocycles. The quantitative estimate of drug-likeness (QED) is 0.885. The molecule has 0 spiro atoms. The summed E-state index contributed by atoms with van der Waals surface area (Å²) in [4.78, 5) is 12.4. The Morgan fingerprint density at radius 2 is 1.85 bits per heavy atom. The van der Waals surface area contributed by atoms with Crippen LogP contribution in [0.2, 0.25) is 0 Å². The molecule has 0 bridgehead atoms. The average Bonchev–Trinajstić information content (AvgIpc) is 2.76. The largest absolute Gasteiger partial charge is 0.352 e. The zero-order valence-corrected chi connectivity index (χ0v) is 12.8. The Balaban J connectivity index is 1.92. The molecule has 0 radical (unpaired) electrons. The number of benzene rings is 1. The fraction of sp³-hybridized carbons (Fsp3) is 0.588. The van der Waals surface area contributed by atoms with Crippen LogP contribution in [0.5, 0.6) is 0 Å². The zero-order chi connectivity index (χ0) is 14.8. The second-order valence-corrected chi connectivity index (χ2v) is 7.08. The molecule has 0 saturated carbocycles. The third kappa shape index (κ3) is 3.83. The van der Waals surface area contributed by atoms with Crippen LogP contribution in [-0.4, -0.2) is 18.5 Å². The number of carbonyl (C=O) groups excluding carboxylic acids is 1. The fourth-order valence-electron chi connectivity index (χ4n) is 3.00. The first-order chi connectivity index (χ1) is 9.39. The van der Waals surface area contributed by atoms with Crippen molar-refractivity contribution in [2.24, 2.45) is 17.1 Å². The lowest BCUT2D eigenvalue weighted by molar-refractivity contribution is -0.126. The first-order valence-electron chi connectivity index (χ1n) is 7.46. The smallest absolute Gasteiger partial charge is 0.224 e. The molecular weight excluding hydrogens is 248 g/mol. The molecule has 1 aliphatic carbocycles. The number of carbonyl (C=O) groups is 1. The van der Waals surface area contributed by atoms with Crippen molar-refractivity contribution in [3.63, 3.8) is 0 Å². The van der Waals surface area contributed by atoms with Gasteiger partial charge in [-0.05, 0) is 35.8 Å². The molecule has 20 heavy (non-hydrogen) atoms. The molecule has 1 atom stereocenters. The van der Waals surface area contributed by atoms with Gasteiger partial charge in [0.25, 0.3) is 0 Å². The van der Waals surface area contributed by atoms with Gasteiger partial charge in [0.15, 0.2) is 0 Å². The van der Waals surface area contributed by atoms with E-state index >= 15 is 0 Å². The highest BCUT2D eigenvalue weighted by atomic mass is 16.1. The molecule has 0 aromatic heterocycles. The lowest BCUT2D eigenvalue weighted by Gasteiger charge is -2.25. The van der Waals surface area contributed by atoms with E-state index in [4.69, 9.17) is 5.73 Å². The van der Waals surface area contributed by atoms with Crippen LogP contribution in [0.25, 0.3) is 0 Å². The number of amides is 1. The Morgan fingerprint density at radius 3 is 2.30 bits per heavy atom. The van der Waals surface area contributed by atoms with Crippen LogP contribution in [0.15, 0.2) is 24.3 Å². The molecule has 1 aromatic carbocycles. The van der Waals surface area contributed by atoms with Gasteiger partial charge in [0.05, 0.1) is 5.92 Å². The Bertz CT molecular complexity index is 451. The summed E-state index contributed by atoms with van der Waals surface area (Å²) in [5.74, 6) is 0.0268. The number of nitrogens with one attached hydrogen (secondary N) is 1. The highest BCUT2D eigenvalue weighted by Gasteiger charge is 2.28. The molecule has 1 aliphatic rings. The van der Waals surface area contributed by atoms with E-state index in [1.165, 1.54) is 11.1 Å². The second kappa shape index (κ2) is 5.96. The van der Waals surface area contributed by atoms with E-state index < -0.39 is 0 Å². The van der Waals surface area contributed by atoms with E-state index in [-0.39, 0.29) is 23.3 Å². The Kier molecular flexibility index (Phi) is 4.48. The second-order valence-electron chi connectivity index (χ2n) is 7.08. The maximum absolute atomic E-state index is 12.4. The van der Waals surface area contributed by atoms with Crippen LogP contribution < -0.4 is 11.1 Å². The SMILES string of the molecule is CC(C)(C)CC(CN)C(=O)NC1Cc2ccccc2C1. The average molecular weight is 274 g/mol. The molecule has 1 unspecified atom stereocenters. The van der Waals surface area contributed by atoms with Crippen LogP contribution in [-0.2, 0) is 17.6 Å². The van der Waals surface area contributed by atoms with Crippen molar-refractivity contribution in [3.8, 4) is 0 Å². The predicted octanol–water partition coefficient (Wildman–Crippen LogP) is 2.28. The van der Waals surface area contributed by atoms with Crippen molar-refractivity contribution >= 4 is 5.91 Å². The zero-order valence-electron chi connectivity index (χ0n) is 12.8. The summed E-state index contributed by atoms with van der Waals surface area (Å²) in [6.45, 7) is 6.86. The van der Waals surface area contributed by atoms with Gasteiger partial charge in [0.2, 0.25) is 5.91 Å². The highest BCUT2D eigenvalue weighted by molar-refractivity contribution is 5.79. The number of nitrogens with two attached hydrogens (primary N) is 1. The normalized spacial score (nSPS) is 16.8. The van der Waals surface area contributed by atoms with E-state index in [0.717, 1.165) is 19.3 Å². The molecule has 0 saturated heterocycles. The number of rotatable bonds is 4. The first-order valence-corrected chi connectivity index (χ1v) is 7.46. The topological polar surface area (TPSA) is 55.1 Å². The van der Waals surface area contributed by atoms with E-state index in [1.54, 1.807) is 0 Å². The summed E-state index contributed by atoms with van der Waals surface area (Å²) in [6.07, 6.45) is 2.71. The van der Waals surface area contributed by atoms with Crippen molar-refractivity contribution in [3.05, 3.63) is 35.4 Å². The molecule has 2 rings (SSSR count). The fourth-order valence-corrected chi connectivity index (χ4v) is 3.00. The molecular formula is C17H26N2O. The monoisotopic (exact) mass is 274 g/mol. The maximum atomic E-state index is 12.4. The van der Waals surface area contributed by atoms with Crippen molar-refractivity contribution in [1.29, 1.82) is 0 Å². The van der Waals surface area contributed by atoms with Crippen LogP contribution in [0.1, 0.15) is 38.3 Å². The molecule has 0 aliphatic heterocycles. The molecule has 0 fully saturated rings. The van der Waals surface area contributed by atoms with Crippen molar-refractivity contribution in [2.45, 2.75) is 46.1 Å². The standard InChI is InChI=1S/C17H26N2O/c1-17(2,3)10-14(11-18)16(20)19-15-8-12-6-4-5-7-13(12)9-15/h4-7,14-15H,8-11,18H2,1-3H3,(H,19,20). The van der Waals surface area contributed by atoms with Gasteiger partial charge >= 0.3 is 0 Å². The Labute approximate surface area is 121 Å². The summed E-state index contributed by atoms with van der Waals surface area (Å²) >= 11 is 0. The Morgan fingerprint density at radius 1 is 1.30 bits per heavy atom. The van der Waals surface area contributed by atoms with Crippen LogP contribution in [0.3, 0.4) is 0 Å². The third-order valence-electron chi connectivity index (χ3n) is 3.91. The number of hydrogen-bond acceptors (Lipinski definition) is 2. The highest BCUT2D eigenvalue weighted by Crippen LogP contribution is 2.25. The molecule has 3 nitrogen and oxygen atoms in total. The van der Waals surface area contributed by atoms with Gasteiger partial charge in [-0.3, -0.25) is 4.79 Å². The lowest BCUT2D eigenvalue weighted by atomic mass is 9.84. The molecule has 1 aromatic rings. The van der Waals surface area contributed by atoms with Crippen LogP contribution in [0, 0.1) is 11.3 Å². The predicted molar refractivity (Wildman–Crippen MR) is 82.4 cm³/mol. The number of hydrogen-bond donors (Lipinski definition) is 2. The van der Waals surface area contributed by atoms with Gasteiger partial charge in [0, 0.05) is 12.6 Å². The summed E-state index contributed by atoms with van der Waals surface area (Å²) < 4.78 is 0. The Hall–Kier alpha value is -1.35. The van der Waals surface area contributed by atoms with E-state index in [0.29, 0.717) is 6.54 Å². The molecule has 3 heteroatoms. The van der Waals surface area contributed by atoms with Crippen molar-refractivity contribution in [2.75, 3.05) is 6.54 Å². The van der Waals surface area contributed by atoms with E-state index in [9.17, 15) is 4.79 Å². The third-order valence-corrected chi connectivity index (χ3v) is 3.91. The maximum Gasteiger partial charge on any atom is 0.224 e. The minimum Gasteiger partial charge on any atom is -0.352 e. The van der Waals surface area contributed by atoms with Gasteiger partial charge in [-0.15, -0.1) is 0 Å². The van der Waals surface area contributed by atoms with E-state index in [2.05, 4.69) is 50.4 Å². The lowest BCUT2D eigenvalue weighted by Crippen LogP contribution is -2.42. The minimum absolute atomic E-state index is 0.0845. The van der Waals surface area contributed by atoms with Gasteiger partial charge in [0.1, 0.15) is 0 Å². The van der Waals surface area contributed by atoms with Crippen LogP contribution >= 0.6 is 0 Å². The van der Waals surface area contributed by atoms with Gasteiger partial charge in [-0.1, -0.05) is 45.0 Å². The van der Waals surface area contributed by atoms with Gasteiger partial charge in [-0.25, -0.2) is 0 Å². The molecule has 1 amide bonds. The summed E-state index contributed by atoms with van der Waals surface area (Å²) in [7, 11) is 0.